The van der Waals surface area contributed by atoms with Crippen molar-refractivity contribution in [1.29, 1.82) is 0 Å². The zero-order chi connectivity index (χ0) is 15.5. The molecule has 0 amide bonds. The number of aryl methyl sites for hydroxylation is 2. The van der Waals surface area contributed by atoms with E-state index in [9.17, 15) is 0 Å². The highest BCUT2D eigenvalue weighted by Crippen LogP contribution is 2.23. The summed E-state index contributed by atoms with van der Waals surface area (Å²) in [5.41, 5.74) is 4.56. The molecule has 0 radical (unpaired) electrons. The molecule has 2 heterocycles. The Labute approximate surface area is 131 Å². The molecule has 1 saturated heterocycles. The largest absolute Gasteiger partial charge is 0.378 e. The van der Waals surface area contributed by atoms with E-state index in [0.717, 1.165) is 49.5 Å². The summed E-state index contributed by atoms with van der Waals surface area (Å²) in [7, 11) is 0. The monoisotopic (exact) mass is 298 g/mol. The number of rotatable bonds is 3. The quantitative estimate of drug-likeness (QED) is 0.944. The first-order valence-electron chi connectivity index (χ1n) is 7.65. The molecule has 1 aliphatic heterocycles. The van der Waals surface area contributed by atoms with Gasteiger partial charge in [-0.15, -0.1) is 0 Å². The van der Waals surface area contributed by atoms with Crippen molar-refractivity contribution in [3.8, 4) is 0 Å². The van der Waals surface area contributed by atoms with Crippen molar-refractivity contribution in [2.45, 2.75) is 20.8 Å². The van der Waals surface area contributed by atoms with Gasteiger partial charge in [-0.1, -0.05) is 12.1 Å². The molecule has 116 valence electrons. The molecule has 0 atom stereocenters. The van der Waals surface area contributed by atoms with E-state index in [4.69, 9.17) is 4.74 Å². The van der Waals surface area contributed by atoms with Crippen LogP contribution in [-0.2, 0) is 4.74 Å². The number of anilines is 3. The molecule has 22 heavy (non-hydrogen) atoms. The lowest BCUT2D eigenvalue weighted by molar-refractivity contribution is 0.122. The number of benzene rings is 1. The lowest BCUT2D eigenvalue weighted by Gasteiger charge is -2.27. The van der Waals surface area contributed by atoms with Gasteiger partial charge in [0.1, 0.15) is 5.82 Å². The molecule has 1 aliphatic rings. The van der Waals surface area contributed by atoms with Gasteiger partial charge in [0.2, 0.25) is 5.95 Å². The smallest absolute Gasteiger partial charge is 0.227 e. The Bertz CT molecular complexity index is 666. The third-order valence-electron chi connectivity index (χ3n) is 4.00. The summed E-state index contributed by atoms with van der Waals surface area (Å²) in [5.74, 6) is 1.61. The predicted molar refractivity (Wildman–Crippen MR) is 89.0 cm³/mol. The van der Waals surface area contributed by atoms with Gasteiger partial charge in [-0.05, 0) is 38.0 Å². The summed E-state index contributed by atoms with van der Waals surface area (Å²) < 4.78 is 5.39. The molecule has 1 aromatic heterocycles. The minimum atomic E-state index is 0.733. The Hall–Kier alpha value is -2.14. The van der Waals surface area contributed by atoms with E-state index in [-0.39, 0.29) is 0 Å². The molecule has 0 aliphatic carbocycles. The first kappa shape index (κ1) is 14.8. The summed E-state index contributed by atoms with van der Waals surface area (Å²) in [6.07, 6.45) is 0. The van der Waals surface area contributed by atoms with Crippen molar-refractivity contribution in [3.05, 3.63) is 41.1 Å². The average molecular weight is 298 g/mol. The Morgan fingerprint density at radius 1 is 1.09 bits per heavy atom. The summed E-state index contributed by atoms with van der Waals surface area (Å²) >= 11 is 0. The fourth-order valence-electron chi connectivity index (χ4n) is 2.55. The molecule has 3 rings (SSSR count). The second-order valence-corrected chi connectivity index (χ2v) is 5.67. The Balaban J connectivity index is 1.87. The molecular weight excluding hydrogens is 276 g/mol. The molecule has 1 fully saturated rings. The fraction of sp³-hybridized carbons (Fsp3) is 0.412. The normalized spacial score (nSPS) is 15.0. The van der Waals surface area contributed by atoms with Crippen LogP contribution >= 0.6 is 0 Å². The minimum absolute atomic E-state index is 0.733. The van der Waals surface area contributed by atoms with Crippen LogP contribution in [-0.4, -0.2) is 36.3 Å². The summed E-state index contributed by atoms with van der Waals surface area (Å²) in [6.45, 7) is 9.38. The maximum absolute atomic E-state index is 5.39. The maximum atomic E-state index is 5.39. The Morgan fingerprint density at radius 3 is 2.64 bits per heavy atom. The number of nitrogens with one attached hydrogen (secondary N) is 1. The molecule has 2 aromatic rings. The van der Waals surface area contributed by atoms with Crippen LogP contribution in [0, 0.1) is 20.8 Å². The van der Waals surface area contributed by atoms with E-state index >= 15 is 0 Å². The maximum Gasteiger partial charge on any atom is 0.227 e. The topological polar surface area (TPSA) is 50.3 Å². The van der Waals surface area contributed by atoms with Crippen molar-refractivity contribution in [3.63, 3.8) is 0 Å². The molecule has 5 heteroatoms. The van der Waals surface area contributed by atoms with Crippen LogP contribution in [0.3, 0.4) is 0 Å². The second kappa shape index (κ2) is 6.32. The van der Waals surface area contributed by atoms with Crippen LogP contribution in [0.5, 0.6) is 0 Å². The molecule has 5 nitrogen and oxygen atoms in total. The van der Waals surface area contributed by atoms with Crippen molar-refractivity contribution in [2.24, 2.45) is 0 Å². The van der Waals surface area contributed by atoms with Gasteiger partial charge in [0.25, 0.3) is 0 Å². The third kappa shape index (κ3) is 3.20. The van der Waals surface area contributed by atoms with Crippen molar-refractivity contribution in [1.82, 2.24) is 9.97 Å². The minimum Gasteiger partial charge on any atom is -0.378 e. The third-order valence-corrected chi connectivity index (χ3v) is 4.00. The van der Waals surface area contributed by atoms with E-state index in [1.54, 1.807) is 0 Å². The Morgan fingerprint density at radius 2 is 1.86 bits per heavy atom. The van der Waals surface area contributed by atoms with Gasteiger partial charge in [0.05, 0.1) is 13.2 Å². The van der Waals surface area contributed by atoms with E-state index in [2.05, 4.69) is 52.2 Å². The number of morpholine rings is 1. The molecule has 0 unspecified atom stereocenters. The van der Waals surface area contributed by atoms with Crippen LogP contribution < -0.4 is 10.2 Å². The van der Waals surface area contributed by atoms with Gasteiger partial charge >= 0.3 is 0 Å². The molecule has 0 saturated carbocycles. The van der Waals surface area contributed by atoms with Crippen molar-refractivity contribution in [2.75, 3.05) is 36.5 Å². The molecule has 1 aromatic carbocycles. The molecule has 0 bridgehead atoms. The van der Waals surface area contributed by atoms with Crippen LogP contribution in [0.4, 0.5) is 17.5 Å². The van der Waals surface area contributed by atoms with Crippen LogP contribution in [0.1, 0.15) is 16.8 Å². The number of hydrogen-bond acceptors (Lipinski definition) is 5. The first-order chi connectivity index (χ1) is 10.6. The standard InChI is InChI=1S/C17H22N4O/c1-12-5-4-6-15(14(12)3)19-16-11-13(2)18-17(20-16)21-7-9-22-10-8-21/h4-6,11H,7-10H2,1-3H3,(H,18,19,20). The van der Waals surface area contributed by atoms with Crippen molar-refractivity contribution < 1.29 is 4.74 Å². The first-order valence-corrected chi connectivity index (χ1v) is 7.65. The van der Waals surface area contributed by atoms with Crippen LogP contribution in [0.25, 0.3) is 0 Å². The molecule has 0 spiro atoms. The Kier molecular flexibility index (Phi) is 4.24. The average Bonchev–Trinajstić information content (AvgIpc) is 2.52. The number of hydrogen-bond donors (Lipinski definition) is 1. The van der Waals surface area contributed by atoms with Gasteiger partial charge in [-0.2, -0.15) is 4.98 Å². The van der Waals surface area contributed by atoms with Gasteiger partial charge in [-0.25, -0.2) is 4.98 Å². The summed E-state index contributed by atoms with van der Waals surface area (Å²) in [4.78, 5) is 11.4. The summed E-state index contributed by atoms with van der Waals surface area (Å²) in [6, 6.07) is 8.23. The fourth-order valence-corrected chi connectivity index (χ4v) is 2.55. The van der Waals surface area contributed by atoms with Gasteiger partial charge in [0.15, 0.2) is 0 Å². The van der Waals surface area contributed by atoms with Gasteiger partial charge < -0.3 is 15.0 Å². The summed E-state index contributed by atoms with van der Waals surface area (Å²) in [5, 5.41) is 3.42. The predicted octanol–water partition coefficient (Wildman–Crippen LogP) is 2.98. The van der Waals surface area contributed by atoms with E-state index in [1.807, 2.05) is 13.0 Å². The second-order valence-electron chi connectivity index (χ2n) is 5.67. The highest BCUT2D eigenvalue weighted by molar-refractivity contribution is 5.63. The number of aromatic nitrogens is 2. The SMILES string of the molecule is Cc1cc(Nc2cccc(C)c2C)nc(N2CCOCC2)n1. The van der Waals surface area contributed by atoms with Crippen LogP contribution in [0.2, 0.25) is 0 Å². The van der Waals surface area contributed by atoms with Crippen molar-refractivity contribution >= 4 is 17.5 Å². The van der Waals surface area contributed by atoms with E-state index < -0.39 is 0 Å². The zero-order valence-corrected chi connectivity index (χ0v) is 13.4. The lowest BCUT2D eigenvalue weighted by atomic mass is 10.1. The molecule has 1 N–H and O–H groups in total. The van der Waals surface area contributed by atoms with Gasteiger partial charge in [0, 0.05) is 30.5 Å². The lowest BCUT2D eigenvalue weighted by Crippen LogP contribution is -2.37. The van der Waals surface area contributed by atoms with Gasteiger partial charge in [-0.3, -0.25) is 0 Å². The highest BCUT2D eigenvalue weighted by Gasteiger charge is 2.15. The number of ether oxygens (including phenoxy) is 1. The highest BCUT2D eigenvalue weighted by atomic mass is 16.5. The van der Waals surface area contributed by atoms with E-state index in [1.165, 1.54) is 11.1 Å². The number of nitrogens with zero attached hydrogens (tertiary/aromatic N) is 3. The van der Waals surface area contributed by atoms with Crippen LogP contribution in [0.15, 0.2) is 24.3 Å². The zero-order valence-electron chi connectivity index (χ0n) is 13.4. The van der Waals surface area contributed by atoms with E-state index in [0.29, 0.717) is 0 Å². The molecular formula is C17H22N4O.